The molecule has 0 fully saturated rings. The summed E-state index contributed by atoms with van der Waals surface area (Å²) < 4.78 is 0. The van der Waals surface area contributed by atoms with E-state index in [1.807, 2.05) is 31.2 Å². The Morgan fingerprint density at radius 2 is 1.68 bits per heavy atom. The van der Waals surface area contributed by atoms with Gasteiger partial charge in [-0.05, 0) is 55.3 Å². The van der Waals surface area contributed by atoms with E-state index in [1.54, 1.807) is 24.3 Å². The van der Waals surface area contributed by atoms with Crippen LogP contribution in [-0.2, 0) is 9.59 Å². The van der Waals surface area contributed by atoms with Gasteiger partial charge in [-0.3, -0.25) is 9.59 Å². The van der Waals surface area contributed by atoms with E-state index in [4.69, 9.17) is 4.98 Å². The van der Waals surface area contributed by atoms with Gasteiger partial charge in [0.15, 0.2) is 0 Å². The van der Waals surface area contributed by atoms with Crippen molar-refractivity contribution in [3.05, 3.63) is 60.2 Å². The predicted octanol–water partition coefficient (Wildman–Crippen LogP) is 5.01. The molecule has 2 amide bonds. The molecule has 1 unspecified atom stereocenters. The van der Waals surface area contributed by atoms with Gasteiger partial charge in [0.05, 0.1) is 15.8 Å². The second-order valence-electron chi connectivity index (χ2n) is 6.56. The first-order valence-electron chi connectivity index (χ1n) is 9.18. The molecule has 0 aliphatic carbocycles. The van der Waals surface area contributed by atoms with E-state index in [0.717, 1.165) is 21.5 Å². The molecule has 0 saturated heterocycles. The number of amides is 2. The van der Waals surface area contributed by atoms with Crippen LogP contribution in [0, 0.1) is 6.92 Å². The molecule has 0 saturated carbocycles. The molecule has 0 spiro atoms. The van der Waals surface area contributed by atoms with Gasteiger partial charge in [-0.2, -0.15) is 0 Å². The fraction of sp³-hybridized carbons (Fsp3) is 0.227. The van der Waals surface area contributed by atoms with Gasteiger partial charge in [0.1, 0.15) is 0 Å². The Hall–Kier alpha value is -2.86. The van der Waals surface area contributed by atoms with Crippen molar-refractivity contribution in [2.75, 3.05) is 10.6 Å². The first-order chi connectivity index (χ1) is 13.5. The number of hydrogen-bond donors (Lipinski definition) is 2. The number of carbonyl (C=O) groups excluding carboxylic acids is 2. The van der Waals surface area contributed by atoms with E-state index in [0.29, 0.717) is 17.8 Å². The number of benzene rings is 2. The van der Waals surface area contributed by atoms with E-state index < -0.39 is 0 Å². The van der Waals surface area contributed by atoms with Gasteiger partial charge in [0.25, 0.3) is 0 Å². The number of anilines is 2. The molecule has 144 valence electrons. The lowest BCUT2D eigenvalue weighted by Crippen LogP contribution is -2.24. The Bertz CT molecular complexity index is 1000. The molecule has 0 aliphatic heterocycles. The molecule has 2 aromatic carbocycles. The van der Waals surface area contributed by atoms with Crippen molar-refractivity contribution in [1.82, 2.24) is 4.98 Å². The number of fused-ring (bicyclic) bond motifs is 1. The fourth-order valence-electron chi connectivity index (χ4n) is 2.91. The van der Waals surface area contributed by atoms with Crippen molar-refractivity contribution in [1.29, 1.82) is 0 Å². The number of aromatic nitrogens is 1. The molecule has 1 aromatic heterocycles. The zero-order chi connectivity index (χ0) is 20.1. The number of carbonyl (C=O) groups is 2. The maximum absolute atomic E-state index is 12.7. The zero-order valence-corrected chi connectivity index (χ0v) is 17.0. The highest BCUT2D eigenvalue weighted by molar-refractivity contribution is 8.00. The zero-order valence-electron chi connectivity index (χ0n) is 16.2. The summed E-state index contributed by atoms with van der Waals surface area (Å²) in [6, 6.07) is 17.1. The van der Waals surface area contributed by atoms with Crippen molar-refractivity contribution in [2.24, 2.45) is 0 Å². The molecule has 28 heavy (non-hydrogen) atoms. The molecule has 1 heterocycles. The lowest BCUT2D eigenvalue weighted by molar-refractivity contribution is -0.116. The van der Waals surface area contributed by atoms with Crippen LogP contribution >= 0.6 is 11.8 Å². The van der Waals surface area contributed by atoms with Crippen LogP contribution in [0.4, 0.5) is 11.4 Å². The Morgan fingerprint density at radius 1 is 1.04 bits per heavy atom. The standard InChI is InChI=1S/C22H23N3O2S/c1-4-20(22(27)24-17-11-9-16(10-12-17)23-15(3)26)28-21-13-14(2)18-7-5-6-8-19(18)25-21/h5-13,20H,4H2,1-3H3,(H,23,26)(H,24,27). The van der Waals surface area contributed by atoms with Crippen LogP contribution in [0.3, 0.4) is 0 Å². The van der Waals surface area contributed by atoms with Crippen molar-refractivity contribution < 1.29 is 9.59 Å². The number of para-hydroxylation sites is 1. The van der Waals surface area contributed by atoms with Gasteiger partial charge in [0.2, 0.25) is 11.8 Å². The van der Waals surface area contributed by atoms with Gasteiger partial charge in [0, 0.05) is 23.7 Å². The molecular weight excluding hydrogens is 370 g/mol. The first kappa shape index (κ1) is 19.9. The van der Waals surface area contributed by atoms with Crippen molar-refractivity contribution in [2.45, 2.75) is 37.5 Å². The summed E-state index contributed by atoms with van der Waals surface area (Å²) in [6.07, 6.45) is 0.689. The Morgan fingerprint density at radius 3 is 2.32 bits per heavy atom. The highest BCUT2D eigenvalue weighted by Gasteiger charge is 2.19. The predicted molar refractivity (Wildman–Crippen MR) is 116 cm³/mol. The van der Waals surface area contributed by atoms with Crippen LogP contribution in [0.2, 0.25) is 0 Å². The van der Waals surface area contributed by atoms with Crippen LogP contribution < -0.4 is 10.6 Å². The molecule has 0 aliphatic rings. The van der Waals surface area contributed by atoms with E-state index in [-0.39, 0.29) is 17.1 Å². The van der Waals surface area contributed by atoms with Gasteiger partial charge in [-0.25, -0.2) is 4.98 Å². The lowest BCUT2D eigenvalue weighted by Gasteiger charge is -2.15. The summed E-state index contributed by atoms with van der Waals surface area (Å²) in [5.74, 6) is -0.190. The third-order valence-electron chi connectivity index (χ3n) is 4.30. The number of rotatable bonds is 6. The van der Waals surface area contributed by atoms with E-state index in [1.165, 1.54) is 18.7 Å². The minimum absolute atomic E-state index is 0.0626. The van der Waals surface area contributed by atoms with E-state index in [9.17, 15) is 9.59 Å². The summed E-state index contributed by atoms with van der Waals surface area (Å²) in [7, 11) is 0. The largest absolute Gasteiger partial charge is 0.326 e. The maximum atomic E-state index is 12.7. The molecule has 0 radical (unpaired) electrons. The van der Waals surface area contributed by atoms with E-state index >= 15 is 0 Å². The van der Waals surface area contributed by atoms with Crippen molar-refractivity contribution >= 4 is 45.9 Å². The molecule has 5 nitrogen and oxygen atoms in total. The van der Waals surface area contributed by atoms with Crippen LogP contribution in [-0.4, -0.2) is 22.0 Å². The third kappa shape index (κ3) is 4.89. The molecule has 3 aromatic rings. The van der Waals surface area contributed by atoms with Crippen molar-refractivity contribution in [3.8, 4) is 0 Å². The fourth-order valence-corrected chi connectivity index (χ4v) is 3.93. The number of nitrogens with zero attached hydrogens (tertiary/aromatic N) is 1. The molecular formula is C22H23N3O2S. The third-order valence-corrected chi connectivity index (χ3v) is 5.58. The Labute approximate surface area is 168 Å². The Balaban J connectivity index is 1.71. The summed E-state index contributed by atoms with van der Waals surface area (Å²) >= 11 is 1.48. The normalized spacial score (nSPS) is 11.8. The number of aryl methyl sites for hydroxylation is 1. The second kappa shape index (κ2) is 8.89. The topological polar surface area (TPSA) is 71.1 Å². The maximum Gasteiger partial charge on any atom is 0.237 e. The van der Waals surface area contributed by atoms with Gasteiger partial charge >= 0.3 is 0 Å². The molecule has 6 heteroatoms. The average Bonchev–Trinajstić information content (AvgIpc) is 2.67. The quantitative estimate of drug-likeness (QED) is 0.578. The van der Waals surface area contributed by atoms with Crippen molar-refractivity contribution in [3.63, 3.8) is 0 Å². The summed E-state index contributed by atoms with van der Waals surface area (Å²) in [6.45, 7) is 5.51. The Kier molecular flexibility index (Phi) is 6.31. The molecule has 1 atom stereocenters. The highest BCUT2D eigenvalue weighted by Crippen LogP contribution is 2.29. The second-order valence-corrected chi connectivity index (χ2v) is 7.78. The molecule has 3 rings (SSSR count). The smallest absolute Gasteiger partial charge is 0.237 e. The lowest BCUT2D eigenvalue weighted by atomic mass is 10.1. The van der Waals surface area contributed by atoms with Crippen LogP contribution in [0.15, 0.2) is 59.6 Å². The summed E-state index contributed by atoms with van der Waals surface area (Å²) in [5, 5.41) is 7.38. The number of nitrogens with one attached hydrogen (secondary N) is 2. The van der Waals surface area contributed by atoms with Crippen LogP contribution in [0.25, 0.3) is 10.9 Å². The first-order valence-corrected chi connectivity index (χ1v) is 10.1. The number of thioether (sulfide) groups is 1. The van der Waals surface area contributed by atoms with Crippen LogP contribution in [0.1, 0.15) is 25.8 Å². The van der Waals surface area contributed by atoms with Gasteiger partial charge in [-0.1, -0.05) is 36.9 Å². The monoisotopic (exact) mass is 393 g/mol. The highest BCUT2D eigenvalue weighted by atomic mass is 32.2. The summed E-state index contributed by atoms with van der Waals surface area (Å²) in [4.78, 5) is 28.5. The SMILES string of the molecule is CCC(Sc1cc(C)c2ccccc2n1)C(=O)Nc1ccc(NC(C)=O)cc1. The molecule has 0 bridgehead atoms. The van der Waals surface area contributed by atoms with Gasteiger partial charge < -0.3 is 10.6 Å². The van der Waals surface area contributed by atoms with Crippen LogP contribution in [0.5, 0.6) is 0 Å². The molecule has 2 N–H and O–H groups in total. The minimum Gasteiger partial charge on any atom is -0.326 e. The average molecular weight is 394 g/mol. The summed E-state index contributed by atoms with van der Waals surface area (Å²) in [5.41, 5.74) is 3.48. The minimum atomic E-state index is -0.247. The number of hydrogen-bond acceptors (Lipinski definition) is 4. The van der Waals surface area contributed by atoms with Gasteiger partial charge in [-0.15, -0.1) is 0 Å². The number of pyridine rings is 1. The van der Waals surface area contributed by atoms with E-state index in [2.05, 4.69) is 23.6 Å².